The first-order valence-electron chi connectivity index (χ1n) is 6.98. The number of nitrogens with one attached hydrogen (secondary N) is 1. The minimum atomic E-state index is 0.801. The number of nitrogens with zero attached hydrogens (tertiary/aromatic N) is 3. The van der Waals surface area contributed by atoms with Gasteiger partial charge in [-0.25, -0.2) is 0 Å². The highest BCUT2D eigenvalue weighted by Gasteiger charge is 2.22. The Morgan fingerprint density at radius 3 is 3.00 bits per heavy atom. The lowest BCUT2D eigenvalue weighted by atomic mass is 10.1. The van der Waals surface area contributed by atoms with Crippen molar-refractivity contribution in [2.24, 2.45) is 5.92 Å². The Morgan fingerprint density at radius 1 is 1.39 bits per heavy atom. The van der Waals surface area contributed by atoms with Crippen LogP contribution in [0, 0.1) is 12.8 Å². The third kappa shape index (κ3) is 4.03. The number of rotatable bonds is 6. The summed E-state index contributed by atoms with van der Waals surface area (Å²) in [7, 11) is 0. The Balaban J connectivity index is 1.73. The van der Waals surface area contributed by atoms with Gasteiger partial charge in [-0.2, -0.15) is 0 Å². The highest BCUT2D eigenvalue weighted by molar-refractivity contribution is 5.01. The van der Waals surface area contributed by atoms with Crippen LogP contribution in [0.2, 0.25) is 0 Å². The number of likely N-dealkylation sites (tertiary alicyclic amines) is 1. The summed E-state index contributed by atoms with van der Waals surface area (Å²) in [6, 6.07) is 0. The van der Waals surface area contributed by atoms with E-state index in [1.807, 2.05) is 19.3 Å². The molecule has 4 nitrogen and oxygen atoms in total. The number of hydrogen-bond acceptors (Lipinski definition) is 4. The molecule has 1 aliphatic rings. The number of hydrogen-bond donors (Lipinski definition) is 1. The van der Waals surface area contributed by atoms with Crippen molar-refractivity contribution in [1.29, 1.82) is 0 Å². The zero-order valence-electron chi connectivity index (χ0n) is 11.5. The van der Waals surface area contributed by atoms with Gasteiger partial charge in [-0.3, -0.25) is 14.9 Å². The molecule has 18 heavy (non-hydrogen) atoms. The van der Waals surface area contributed by atoms with Crippen molar-refractivity contribution in [2.75, 3.05) is 26.2 Å². The summed E-state index contributed by atoms with van der Waals surface area (Å²) in [5.41, 5.74) is 2.07. The summed E-state index contributed by atoms with van der Waals surface area (Å²) in [4.78, 5) is 11.2. The predicted octanol–water partition coefficient (Wildman–Crippen LogP) is 1.61. The average Bonchev–Trinajstić information content (AvgIpc) is 2.80. The van der Waals surface area contributed by atoms with Crippen LogP contribution in [0.15, 0.2) is 12.4 Å². The van der Waals surface area contributed by atoms with Crippen LogP contribution in [0.1, 0.15) is 31.2 Å². The molecule has 1 aromatic heterocycles. The summed E-state index contributed by atoms with van der Waals surface area (Å²) in [6.45, 7) is 9.80. The highest BCUT2D eigenvalue weighted by atomic mass is 15.2. The molecule has 4 heteroatoms. The maximum atomic E-state index is 4.42. The molecule has 0 spiro atoms. The van der Waals surface area contributed by atoms with Gasteiger partial charge in [0.05, 0.1) is 11.4 Å². The fourth-order valence-electron chi connectivity index (χ4n) is 2.44. The third-order valence-electron chi connectivity index (χ3n) is 3.45. The van der Waals surface area contributed by atoms with Gasteiger partial charge in [0, 0.05) is 25.5 Å². The van der Waals surface area contributed by atoms with E-state index >= 15 is 0 Å². The summed E-state index contributed by atoms with van der Waals surface area (Å²) in [5.74, 6) is 0.801. The summed E-state index contributed by atoms with van der Waals surface area (Å²) in [6.07, 6.45) is 6.27. The molecule has 2 heterocycles. The van der Waals surface area contributed by atoms with Crippen LogP contribution in [0.5, 0.6) is 0 Å². The molecule has 0 amide bonds. The zero-order chi connectivity index (χ0) is 12.8. The maximum absolute atomic E-state index is 4.42. The molecule has 0 aromatic carbocycles. The summed E-state index contributed by atoms with van der Waals surface area (Å²) < 4.78 is 0. The molecule has 1 fully saturated rings. The Kier molecular flexibility index (Phi) is 5.08. The standard InChI is InChI=1S/C14H24N4/c1-3-5-15-8-13-4-6-18(10-13)11-14-9-16-12(2)7-17-14/h7,9,13,15H,3-6,8,10-11H2,1-2H3. The lowest BCUT2D eigenvalue weighted by molar-refractivity contribution is 0.310. The molecule has 0 saturated carbocycles. The molecule has 0 radical (unpaired) electrons. The molecule has 2 rings (SSSR count). The highest BCUT2D eigenvalue weighted by Crippen LogP contribution is 2.17. The number of aromatic nitrogens is 2. The third-order valence-corrected chi connectivity index (χ3v) is 3.45. The van der Waals surface area contributed by atoms with E-state index in [0.717, 1.165) is 36.9 Å². The van der Waals surface area contributed by atoms with Crippen LogP contribution in [0.3, 0.4) is 0 Å². The largest absolute Gasteiger partial charge is 0.316 e. The zero-order valence-corrected chi connectivity index (χ0v) is 11.5. The second-order valence-electron chi connectivity index (χ2n) is 5.24. The molecule has 1 unspecified atom stereocenters. The van der Waals surface area contributed by atoms with Gasteiger partial charge in [0.25, 0.3) is 0 Å². The minimum Gasteiger partial charge on any atom is -0.316 e. The van der Waals surface area contributed by atoms with E-state index in [2.05, 4.69) is 27.1 Å². The normalized spacial score (nSPS) is 20.4. The molecule has 0 aliphatic carbocycles. The van der Waals surface area contributed by atoms with Gasteiger partial charge in [0.2, 0.25) is 0 Å². The smallest absolute Gasteiger partial charge is 0.0727 e. The molecule has 1 N–H and O–H groups in total. The van der Waals surface area contributed by atoms with Crippen molar-refractivity contribution in [3.63, 3.8) is 0 Å². The van der Waals surface area contributed by atoms with Crippen LogP contribution < -0.4 is 5.32 Å². The first-order chi connectivity index (χ1) is 8.78. The lowest BCUT2D eigenvalue weighted by Crippen LogP contribution is -2.27. The summed E-state index contributed by atoms with van der Waals surface area (Å²) >= 11 is 0. The van der Waals surface area contributed by atoms with Gasteiger partial charge in [-0.1, -0.05) is 6.92 Å². The van der Waals surface area contributed by atoms with Crippen LogP contribution in [0.4, 0.5) is 0 Å². The Bertz CT molecular complexity index is 349. The van der Waals surface area contributed by atoms with E-state index in [4.69, 9.17) is 0 Å². The lowest BCUT2D eigenvalue weighted by Gasteiger charge is -2.15. The van der Waals surface area contributed by atoms with Gasteiger partial charge in [-0.15, -0.1) is 0 Å². The molecular formula is C14H24N4. The molecule has 1 atom stereocenters. The van der Waals surface area contributed by atoms with Gasteiger partial charge >= 0.3 is 0 Å². The maximum Gasteiger partial charge on any atom is 0.0727 e. The van der Waals surface area contributed by atoms with E-state index < -0.39 is 0 Å². The van der Waals surface area contributed by atoms with Crippen LogP contribution >= 0.6 is 0 Å². The van der Waals surface area contributed by atoms with E-state index in [1.165, 1.54) is 25.9 Å². The van der Waals surface area contributed by atoms with E-state index in [1.54, 1.807) is 0 Å². The monoisotopic (exact) mass is 248 g/mol. The molecule has 1 saturated heterocycles. The van der Waals surface area contributed by atoms with Gasteiger partial charge < -0.3 is 5.32 Å². The SMILES string of the molecule is CCCNCC1CCN(Cc2cnc(C)cn2)C1. The molecule has 100 valence electrons. The molecule has 0 bridgehead atoms. The Labute approximate surface area is 110 Å². The van der Waals surface area contributed by atoms with Crippen molar-refractivity contribution >= 4 is 0 Å². The van der Waals surface area contributed by atoms with Gasteiger partial charge in [0.1, 0.15) is 0 Å². The molecule has 1 aliphatic heterocycles. The Morgan fingerprint density at radius 2 is 2.28 bits per heavy atom. The van der Waals surface area contributed by atoms with Gasteiger partial charge in [-0.05, 0) is 45.3 Å². The van der Waals surface area contributed by atoms with Crippen molar-refractivity contribution in [1.82, 2.24) is 20.2 Å². The van der Waals surface area contributed by atoms with Crippen molar-refractivity contribution in [3.05, 3.63) is 23.8 Å². The van der Waals surface area contributed by atoms with Crippen molar-refractivity contribution < 1.29 is 0 Å². The quantitative estimate of drug-likeness (QED) is 0.777. The van der Waals surface area contributed by atoms with E-state index in [0.29, 0.717) is 0 Å². The predicted molar refractivity (Wildman–Crippen MR) is 73.3 cm³/mol. The fourth-order valence-corrected chi connectivity index (χ4v) is 2.44. The number of aryl methyl sites for hydroxylation is 1. The average molecular weight is 248 g/mol. The van der Waals surface area contributed by atoms with Crippen molar-refractivity contribution in [2.45, 2.75) is 33.2 Å². The molecular weight excluding hydrogens is 224 g/mol. The topological polar surface area (TPSA) is 41.0 Å². The van der Waals surface area contributed by atoms with Crippen LogP contribution in [-0.4, -0.2) is 41.0 Å². The van der Waals surface area contributed by atoms with Crippen LogP contribution in [0.25, 0.3) is 0 Å². The second-order valence-corrected chi connectivity index (χ2v) is 5.24. The first kappa shape index (κ1) is 13.4. The molecule has 1 aromatic rings. The second kappa shape index (κ2) is 6.81. The fraction of sp³-hybridized carbons (Fsp3) is 0.714. The minimum absolute atomic E-state index is 0.801. The van der Waals surface area contributed by atoms with Crippen LogP contribution in [-0.2, 0) is 6.54 Å². The van der Waals surface area contributed by atoms with Gasteiger partial charge in [0.15, 0.2) is 0 Å². The van der Waals surface area contributed by atoms with E-state index in [-0.39, 0.29) is 0 Å². The Hall–Kier alpha value is -1.00. The first-order valence-corrected chi connectivity index (χ1v) is 6.98. The summed E-state index contributed by atoms with van der Waals surface area (Å²) in [5, 5.41) is 3.51. The van der Waals surface area contributed by atoms with Crippen molar-refractivity contribution in [3.8, 4) is 0 Å². The van der Waals surface area contributed by atoms with E-state index in [9.17, 15) is 0 Å².